The molecule has 1 unspecified atom stereocenters. The van der Waals surface area contributed by atoms with Crippen LogP contribution >= 0.6 is 0 Å². The van der Waals surface area contributed by atoms with Gasteiger partial charge < -0.3 is 10.6 Å². The molecule has 2 rings (SSSR count). The Balaban J connectivity index is 1.72. The highest BCUT2D eigenvalue weighted by Crippen LogP contribution is 2.19. The third-order valence-corrected chi connectivity index (χ3v) is 4.84. The van der Waals surface area contributed by atoms with Crippen LogP contribution in [0, 0.1) is 11.7 Å². The fraction of sp³-hybridized carbons (Fsp3) is 0.632. The van der Waals surface area contributed by atoms with Crippen molar-refractivity contribution in [3.63, 3.8) is 0 Å². The van der Waals surface area contributed by atoms with Gasteiger partial charge in [0, 0.05) is 31.7 Å². The molecule has 1 aliphatic rings. The van der Waals surface area contributed by atoms with Crippen LogP contribution in [0.1, 0.15) is 38.7 Å². The fourth-order valence-corrected chi connectivity index (χ4v) is 2.99. The predicted octanol–water partition coefficient (Wildman–Crippen LogP) is 3.00. The van der Waals surface area contributed by atoms with E-state index in [1.165, 1.54) is 0 Å². The lowest BCUT2D eigenvalue weighted by Crippen LogP contribution is -2.45. The number of benzene rings is 1. The molecular formula is C19H31FN4. The Labute approximate surface area is 145 Å². The molecule has 0 amide bonds. The molecule has 0 aliphatic carbocycles. The molecule has 1 atom stereocenters. The summed E-state index contributed by atoms with van der Waals surface area (Å²) in [6.07, 6.45) is 3.36. The summed E-state index contributed by atoms with van der Waals surface area (Å²) < 4.78 is 13.7. The van der Waals surface area contributed by atoms with E-state index in [9.17, 15) is 4.39 Å². The third-order valence-electron chi connectivity index (χ3n) is 4.84. The summed E-state index contributed by atoms with van der Waals surface area (Å²) in [4.78, 5) is 6.63. The maximum Gasteiger partial charge on any atom is 0.191 e. The molecule has 1 saturated heterocycles. The molecule has 1 aromatic carbocycles. The molecule has 4 nitrogen and oxygen atoms in total. The number of hydrogen-bond donors (Lipinski definition) is 2. The van der Waals surface area contributed by atoms with E-state index in [-0.39, 0.29) is 5.82 Å². The monoisotopic (exact) mass is 334 g/mol. The van der Waals surface area contributed by atoms with Gasteiger partial charge in [-0.25, -0.2) is 4.39 Å². The van der Waals surface area contributed by atoms with Crippen molar-refractivity contribution in [3.8, 4) is 0 Å². The summed E-state index contributed by atoms with van der Waals surface area (Å²) >= 11 is 0. The van der Waals surface area contributed by atoms with Crippen molar-refractivity contribution in [2.24, 2.45) is 10.9 Å². The normalized spacial score (nSPS) is 18.4. The molecule has 5 heteroatoms. The SMILES string of the molecule is CCC(C)NC(=NC)NCC1CCN(Cc2ccccc2F)CC1. The van der Waals surface area contributed by atoms with Crippen LogP contribution in [0.2, 0.25) is 0 Å². The van der Waals surface area contributed by atoms with Gasteiger partial charge in [0.2, 0.25) is 0 Å². The van der Waals surface area contributed by atoms with Gasteiger partial charge in [0.25, 0.3) is 0 Å². The molecule has 1 aromatic rings. The van der Waals surface area contributed by atoms with Crippen molar-refractivity contribution < 1.29 is 4.39 Å². The van der Waals surface area contributed by atoms with Gasteiger partial charge in [-0.1, -0.05) is 25.1 Å². The Morgan fingerprint density at radius 1 is 1.33 bits per heavy atom. The zero-order chi connectivity index (χ0) is 17.4. The van der Waals surface area contributed by atoms with Crippen LogP contribution in [0.4, 0.5) is 4.39 Å². The standard InChI is InChI=1S/C19H31FN4/c1-4-15(2)23-19(21-3)22-13-16-9-11-24(12-10-16)14-17-7-5-6-8-18(17)20/h5-8,15-16H,4,9-14H2,1-3H3,(H2,21,22,23). The number of likely N-dealkylation sites (tertiary alicyclic amines) is 1. The smallest absolute Gasteiger partial charge is 0.191 e. The van der Waals surface area contributed by atoms with Crippen molar-refractivity contribution >= 4 is 5.96 Å². The summed E-state index contributed by atoms with van der Waals surface area (Å²) in [6.45, 7) is 8.04. The van der Waals surface area contributed by atoms with Gasteiger partial charge in [0.05, 0.1) is 0 Å². The van der Waals surface area contributed by atoms with Crippen LogP contribution in [0.25, 0.3) is 0 Å². The Morgan fingerprint density at radius 3 is 2.67 bits per heavy atom. The number of hydrogen-bond acceptors (Lipinski definition) is 2. The van der Waals surface area contributed by atoms with Gasteiger partial charge in [0.15, 0.2) is 5.96 Å². The number of piperidine rings is 1. The number of nitrogens with zero attached hydrogens (tertiary/aromatic N) is 2. The summed E-state index contributed by atoms with van der Waals surface area (Å²) in [5.74, 6) is 1.44. The van der Waals surface area contributed by atoms with Crippen LogP contribution in [0.3, 0.4) is 0 Å². The number of guanidine groups is 1. The zero-order valence-electron chi connectivity index (χ0n) is 15.2. The fourth-order valence-electron chi connectivity index (χ4n) is 2.99. The highest BCUT2D eigenvalue weighted by Gasteiger charge is 2.20. The third kappa shape index (κ3) is 5.78. The maximum atomic E-state index is 13.7. The highest BCUT2D eigenvalue weighted by atomic mass is 19.1. The van der Waals surface area contributed by atoms with E-state index < -0.39 is 0 Å². The number of halogens is 1. The van der Waals surface area contributed by atoms with E-state index in [1.54, 1.807) is 12.1 Å². The zero-order valence-corrected chi connectivity index (χ0v) is 15.2. The molecule has 1 fully saturated rings. The Morgan fingerprint density at radius 2 is 2.04 bits per heavy atom. The van der Waals surface area contributed by atoms with Gasteiger partial charge in [-0.2, -0.15) is 0 Å². The molecule has 1 heterocycles. The number of nitrogens with one attached hydrogen (secondary N) is 2. The number of aliphatic imine (C=N–C) groups is 1. The quantitative estimate of drug-likeness (QED) is 0.620. The lowest BCUT2D eigenvalue weighted by Gasteiger charge is -2.32. The first-order chi connectivity index (χ1) is 11.6. The molecule has 1 aliphatic heterocycles. The van der Waals surface area contributed by atoms with E-state index in [2.05, 4.69) is 34.4 Å². The molecule has 0 bridgehead atoms. The van der Waals surface area contributed by atoms with Gasteiger partial charge in [-0.15, -0.1) is 0 Å². The molecule has 0 spiro atoms. The Bertz CT molecular complexity index is 524. The lowest BCUT2D eigenvalue weighted by molar-refractivity contribution is 0.176. The molecule has 0 aromatic heterocycles. The minimum atomic E-state index is -0.0961. The first kappa shape index (κ1) is 18.7. The second-order valence-corrected chi connectivity index (χ2v) is 6.72. The molecule has 134 valence electrons. The topological polar surface area (TPSA) is 39.7 Å². The van der Waals surface area contributed by atoms with Crippen molar-refractivity contribution in [2.75, 3.05) is 26.7 Å². The molecule has 0 radical (unpaired) electrons. The van der Waals surface area contributed by atoms with Crippen molar-refractivity contribution in [3.05, 3.63) is 35.6 Å². The molecular weight excluding hydrogens is 303 g/mol. The molecule has 24 heavy (non-hydrogen) atoms. The maximum absolute atomic E-state index is 13.7. The first-order valence-corrected chi connectivity index (χ1v) is 9.05. The predicted molar refractivity (Wildman–Crippen MR) is 98.7 cm³/mol. The minimum Gasteiger partial charge on any atom is -0.356 e. The van der Waals surface area contributed by atoms with Crippen molar-refractivity contribution in [2.45, 2.75) is 45.7 Å². The highest BCUT2D eigenvalue weighted by molar-refractivity contribution is 5.79. The van der Waals surface area contributed by atoms with E-state index in [0.717, 1.165) is 50.4 Å². The van der Waals surface area contributed by atoms with Gasteiger partial charge >= 0.3 is 0 Å². The van der Waals surface area contributed by atoms with Gasteiger partial charge in [-0.3, -0.25) is 9.89 Å². The van der Waals surface area contributed by atoms with E-state index >= 15 is 0 Å². The first-order valence-electron chi connectivity index (χ1n) is 9.05. The van der Waals surface area contributed by atoms with Crippen LogP contribution in [-0.2, 0) is 6.54 Å². The van der Waals surface area contributed by atoms with Crippen LogP contribution in [0.15, 0.2) is 29.3 Å². The van der Waals surface area contributed by atoms with Gasteiger partial charge in [0.1, 0.15) is 5.82 Å². The summed E-state index contributed by atoms with van der Waals surface area (Å²) in [6, 6.07) is 7.51. The van der Waals surface area contributed by atoms with Crippen LogP contribution in [-0.4, -0.2) is 43.6 Å². The Hall–Kier alpha value is -1.62. The van der Waals surface area contributed by atoms with Gasteiger partial charge in [-0.05, 0) is 51.3 Å². The number of rotatable bonds is 6. The summed E-state index contributed by atoms with van der Waals surface area (Å²) in [7, 11) is 1.81. The largest absolute Gasteiger partial charge is 0.356 e. The summed E-state index contributed by atoms with van der Waals surface area (Å²) in [5.41, 5.74) is 0.798. The van der Waals surface area contributed by atoms with Crippen molar-refractivity contribution in [1.82, 2.24) is 15.5 Å². The van der Waals surface area contributed by atoms with E-state index in [1.807, 2.05) is 19.2 Å². The molecule has 2 N–H and O–H groups in total. The average Bonchev–Trinajstić information content (AvgIpc) is 2.61. The van der Waals surface area contributed by atoms with E-state index in [0.29, 0.717) is 18.5 Å². The lowest BCUT2D eigenvalue weighted by atomic mass is 9.96. The van der Waals surface area contributed by atoms with Crippen LogP contribution < -0.4 is 10.6 Å². The van der Waals surface area contributed by atoms with Crippen LogP contribution in [0.5, 0.6) is 0 Å². The second-order valence-electron chi connectivity index (χ2n) is 6.72. The minimum absolute atomic E-state index is 0.0961. The summed E-state index contributed by atoms with van der Waals surface area (Å²) in [5, 5.41) is 6.83. The molecule has 0 saturated carbocycles. The van der Waals surface area contributed by atoms with E-state index in [4.69, 9.17) is 0 Å². The average molecular weight is 334 g/mol. The Kier molecular flexibility index (Phi) is 7.50. The second kappa shape index (κ2) is 9.62. The van der Waals surface area contributed by atoms with Crippen molar-refractivity contribution in [1.29, 1.82) is 0 Å².